The van der Waals surface area contributed by atoms with E-state index in [1.165, 1.54) is 35.2 Å². The molecule has 1 aliphatic heterocycles. The molecule has 0 fully saturated rings. The third kappa shape index (κ3) is 8.49. The molecule has 12 heteroatoms. The number of amides is 2. The third-order valence-corrected chi connectivity index (χ3v) is 9.76. The third-order valence-electron chi connectivity index (χ3n) is 7.46. The summed E-state index contributed by atoms with van der Waals surface area (Å²) in [5.74, 6) is -0.912. The molecule has 4 aromatic rings. The van der Waals surface area contributed by atoms with E-state index in [-0.39, 0.29) is 47.9 Å². The normalized spacial score (nSPS) is 13.1. The van der Waals surface area contributed by atoms with Gasteiger partial charge in [0.2, 0.25) is 11.8 Å². The smallest absolute Gasteiger partial charge is 0.264 e. The molecular formula is C35H35BrFN3O6S. The van der Waals surface area contributed by atoms with Crippen LogP contribution in [0.3, 0.4) is 0 Å². The second-order valence-electron chi connectivity index (χ2n) is 11.3. The fourth-order valence-corrected chi connectivity index (χ4v) is 6.86. The van der Waals surface area contributed by atoms with Gasteiger partial charge in [0.1, 0.15) is 31.6 Å². The maximum absolute atomic E-state index is 14.5. The van der Waals surface area contributed by atoms with Gasteiger partial charge < -0.3 is 19.7 Å². The number of carbonyl (C=O) groups excluding carboxylic acids is 2. The van der Waals surface area contributed by atoms with Gasteiger partial charge in [-0.1, -0.05) is 58.4 Å². The zero-order chi connectivity index (χ0) is 33.6. The Kier molecular flexibility index (Phi) is 10.8. The van der Waals surface area contributed by atoms with Gasteiger partial charge in [0.15, 0.2) is 11.5 Å². The number of carbonyl (C=O) groups is 2. The van der Waals surface area contributed by atoms with E-state index in [1.807, 2.05) is 68.4 Å². The van der Waals surface area contributed by atoms with Gasteiger partial charge in [0.25, 0.3) is 10.0 Å². The predicted molar refractivity (Wildman–Crippen MR) is 180 cm³/mol. The molecule has 1 unspecified atom stereocenters. The lowest BCUT2D eigenvalue weighted by atomic mass is 10.0. The molecular weight excluding hydrogens is 689 g/mol. The van der Waals surface area contributed by atoms with Crippen LogP contribution in [0.1, 0.15) is 25.0 Å². The van der Waals surface area contributed by atoms with E-state index < -0.39 is 34.3 Å². The lowest BCUT2D eigenvalue weighted by Gasteiger charge is -2.34. The van der Waals surface area contributed by atoms with Crippen LogP contribution in [-0.2, 0) is 32.6 Å². The number of nitrogens with one attached hydrogen (secondary N) is 1. The van der Waals surface area contributed by atoms with Crippen LogP contribution < -0.4 is 19.1 Å². The van der Waals surface area contributed by atoms with Crippen LogP contribution in [-0.4, -0.2) is 57.0 Å². The average molecular weight is 725 g/mol. The monoisotopic (exact) mass is 723 g/mol. The number of fused-ring (bicyclic) bond motifs is 1. The summed E-state index contributed by atoms with van der Waals surface area (Å²) in [4.78, 5) is 29.6. The van der Waals surface area contributed by atoms with Crippen LogP contribution in [0.25, 0.3) is 0 Å². The Bertz CT molecular complexity index is 1810. The highest BCUT2D eigenvalue weighted by molar-refractivity contribution is 9.10. The summed E-state index contributed by atoms with van der Waals surface area (Å²) in [5.41, 5.74) is 1.63. The Balaban J connectivity index is 1.57. The van der Waals surface area contributed by atoms with E-state index >= 15 is 0 Å². The van der Waals surface area contributed by atoms with Crippen molar-refractivity contribution in [1.82, 2.24) is 10.2 Å². The van der Waals surface area contributed by atoms with Gasteiger partial charge in [-0.15, -0.1) is 0 Å². The van der Waals surface area contributed by atoms with Crippen LogP contribution in [0, 0.1) is 5.82 Å². The molecule has 47 heavy (non-hydrogen) atoms. The molecule has 246 valence electrons. The summed E-state index contributed by atoms with van der Waals surface area (Å²) in [6, 6.07) is 24.5. The van der Waals surface area contributed by atoms with Gasteiger partial charge in [-0.05, 0) is 73.5 Å². The standard InChI is InChI=1S/C35H35BrFN3O6S/c1-24(2)38-35(42)31(20-25-6-4-3-5-7-25)39(22-26-8-10-27(36)11-9-26)34(41)23-40(29-14-12-28(37)13-15-29)47(43,44)30-16-17-32-33(21-30)46-19-18-45-32/h3-17,21,24,31H,18-20,22-23H2,1-2H3,(H,38,42). The number of anilines is 1. The van der Waals surface area contributed by atoms with E-state index in [0.29, 0.717) is 12.4 Å². The quantitative estimate of drug-likeness (QED) is 0.201. The zero-order valence-corrected chi connectivity index (χ0v) is 28.3. The van der Waals surface area contributed by atoms with Crippen LogP contribution in [0.5, 0.6) is 11.5 Å². The SMILES string of the molecule is CC(C)NC(=O)C(Cc1ccccc1)N(Cc1ccc(Br)cc1)C(=O)CN(c1ccc(F)cc1)S(=O)(=O)c1ccc2c(c1)OCCO2. The van der Waals surface area contributed by atoms with Crippen molar-refractivity contribution in [1.29, 1.82) is 0 Å². The Hall–Kier alpha value is -4.42. The highest BCUT2D eigenvalue weighted by atomic mass is 79.9. The first kappa shape index (κ1) is 33.9. The van der Waals surface area contributed by atoms with Crippen molar-refractivity contribution < 1.29 is 31.9 Å². The number of nitrogens with zero attached hydrogens (tertiary/aromatic N) is 2. The summed E-state index contributed by atoms with van der Waals surface area (Å²) >= 11 is 3.43. The molecule has 0 bridgehead atoms. The number of hydrogen-bond donors (Lipinski definition) is 1. The van der Waals surface area contributed by atoms with E-state index in [2.05, 4.69) is 21.2 Å². The lowest BCUT2D eigenvalue weighted by Crippen LogP contribution is -2.54. The fourth-order valence-electron chi connectivity index (χ4n) is 5.17. The van der Waals surface area contributed by atoms with E-state index in [9.17, 15) is 22.4 Å². The lowest BCUT2D eigenvalue weighted by molar-refractivity contribution is -0.140. The van der Waals surface area contributed by atoms with Gasteiger partial charge in [-0.3, -0.25) is 13.9 Å². The highest BCUT2D eigenvalue weighted by Crippen LogP contribution is 2.34. The molecule has 5 rings (SSSR count). The van der Waals surface area contributed by atoms with Gasteiger partial charge in [-0.2, -0.15) is 0 Å². The van der Waals surface area contributed by atoms with Gasteiger partial charge >= 0.3 is 0 Å². The van der Waals surface area contributed by atoms with Crippen molar-refractivity contribution >= 4 is 43.5 Å². The van der Waals surface area contributed by atoms with Crippen LogP contribution in [0.2, 0.25) is 0 Å². The number of benzene rings is 4. The molecule has 0 saturated carbocycles. The summed E-state index contributed by atoms with van der Waals surface area (Å²) in [6.45, 7) is 3.60. The number of ether oxygens (including phenoxy) is 2. The summed E-state index contributed by atoms with van der Waals surface area (Å²) in [6.07, 6.45) is 0.188. The number of rotatable bonds is 12. The minimum absolute atomic E-state index is 0.0243. The molecule has 1 atom stereocenters. The van der Waals surface area contributed by atoms with Crippen molar-refractivity contribution in [2.45, 2.75) is 43.8 Å². The maximum Gasteiger partial charge on any atom is 0.264 e. The molecule has 0 saturated heterocycles. The number of sulfonamides is 1. The molecule has 4 aromatic carbocycles. The molecule has 0 aliphatic carbocycles. The first-order valence-corrected chi connectivity index (χ1v) is 17.3. The van der Waals surface area contributed by atoms with Gasteiger partial charge in [0, 0.05) is 29.5 Å². The molecule has 1 heterocycles. The van der Waals surface area contributed by atoms with Crippen molar-refractivity contribution in [3.05, 3.63) is 118 Å². The number of halogens is 2. The Morgan fingerprint density at radius 3 is 2.19 bits per heavy atom. The molecule has 9 nitrogen and oxygen atoms in total. The molecule has 1 aliphatic rings. The van der Waals surface area contributed by atoms with Crippen molar-refractivity contribution in [2.75, 3.05) is 24.1 Å². The van der Waals surface area contributed by atoms with Crippen molar-refractivity contribution in [2.24, 2.45) is 0 Å². The van der Waals surface area contributed by atoms with Crippen molar-refractivity contribution in [3.63, 3.8) is 0 Å². The van der Waals surface area contributed by atoms with Crippen LogP contribution in [0.4, 0.5) is 10.1 Å². The topological polar surface area (TPSA) is 105 Å². The van der Waals surface area contributed by atoms with E-state index in [4.69, 9.17) is 9.47 Å². The fraction of sp³-hybridized carbons (Fsp3) is 0.257. The predicted octanol–water partition coefficient (Wildman–Crippen LogP) is 5.72. The van der Waals surface area contributed by atoms with Crippen LogP contribution >= 0.6 is 15.9 Å². The van der Waals surface area contributed by atoms with E-state index in [1.54, 1.807) is 0 Å². The average Bonchev–Trinajstić information content (AvgIpc) is 3.06. The summed E-state index contributed by atoms with van der Waals surface area (Å²) < 4.78 is 55.5. The Labute approximate surface area is 282 Å². The summed E-state index contributed by atoms with van der Waals surface area (Å²) in [7, 11) is -4.41. The Morgan fingerprint density at radius 2 is 1.53 bits per heavy atom. The van der Waals surface area contributed by atoms with Gasteiger partial charge in [-0.25, -0.2) is 12.8 Å². The highest BCUT2D eigenvalue weighted by Gasteiger charge is 2.35. The van der Waals surface area contributed by atoms with E-state index in [0.717, 1.165) is 32.0 Å². The molecule has 0 aromatic heterocycles. The zero-order valence-electron chi connectivity index (χ0n) is 25.9. The maximum atomic E-state index is 14.5. The van der Waals surface area contributed by atoms with Gasteiger partial charge in [0.05, 0.1) is 10.6 Å². The summed E-state index contributed by atoms with van der Waals surface area (Å²) in [5, 5.41) is 2.93. The first-order valence-electron chi connectivity index (χ1n) is 15.1. The minimum atomic E-state index is -4.41. The molecule has 1 N–H and O–H groups in total. The van der Waals surface area contributed by atoms with Crippen LogP contribution in [0.15, 0.2) is 106 Å². The second-order valence-corrected chi connectivity index (χ2v) is 14.1. The molecule has 0 radical (unpaired) electrons. The van der Waals surface area contributed by atoms with Crippen molar-refractivity contribution in [3.8, 4) is 11.5 Å². The second kappa shape index (κ2) is 15.0. The molecule has 0 spiro atoms. The first-order chi connectivity index (χ1) is 22.5. The minimum Gasteiger partial charge on any atom is -0.486 e. The largest absolute Gasteiger partial charge is 0.486 e. The molecule has 2 amide bonds. The Morgan fingerprint density at radius 1 is 0.872 bits per heavy atom. The number of hydrogen-bond acceptors (Lipinski definition) is 6.